The Balaban J connectivity index is 1.45. The van der Waals surface area contributed by atoms with Gasteiger partial charge in [0.25, 0.3) is 0 Å². The van der Waals surface area contributed by atoms with Gasteiger partial charge in [0.1, 0.15) is 5.52 Å². The van der Waals surface area contributed by atoms with Gasteiger partial charge in [0.2, 0.25) is 0 Å². The summed E-state index contributed by atoms with van der Waals surface area (Å²) in [5.74, 6) is 0.719. The first-order valence-corrected chi connectivity index (χ1v) is 10.0. The standard InChI is InChI=1S/C23H22N6O/c1-2-17(15-24-7-1)16-27-23-22-21(25-8-9-26-22)14-20(28-23)18-3-5-19(6-4-18)29-10-12-30-13-11-29/h1-9,14-15H,10-13,16H2,(H,27,28). The molecule has 7 heteroatoms. The fourth-order valence-corrected chi connectivity index (χ4v) is 3.60. The molecule has 1 N–H and O–H groups in total. The van der Waals surface area contributed by atoms with Gasteiger partial charge < -0.3 is 15.0 Å². The van der Waals surface area contributed by atoms with Gasteiger partial charge in [-0.3, -0.25) is 9.97 Å². The number of hydrogen-bond donors (Lipinski definition) is 1. The molecule has 0 aliphatic carbocycles. The summed E-state index contributed by atoms with van der Waals surface area (Å²) in [5, 5.41) is 3.40. The molecule has 0 unspecified atom stereocenters. The van der Waals surface area contributed by atoms with Crippen LogP contribution in [0.3, 0.4) is 0 Å². The minimum absolute atomic E-state index is 0.617. The number of pyridine rings is 2. The number of anilines is 2. The number of rotatable bonds is 5. The average molecular weight is 398 g/mol. The van der Waals surface area contributed by atoms with E-state index in [-0.39, 0.29) is 0 Å². The van der Waals surface area contributed by atoms with Gasteiger partial charge in [-0.25, -0.2) is 9.97 Å². The van der Waals surface area contributed by atoms with Crippen molar-refractivity contribution < 1.29 is 4.74 Å². The van der Waals surface area contributed by atoms with Crippen LogP contribution in [0.5, 0.6) is 0 Å². The molecule has 3 aromatic heterocycles. The zero-order valence-corrected chi connectivity index (χ0v) is 16.5. The highest BCUT2D eigenvalue weighted by atomic mass is 16.5. The lowest BCUT2D eigenvalue weighted by Gasteiger charge is -2.28. The van der Waals surface area contributed by atoms with Crippen molar-refractivity contribution in [1.29, 1.82) is 0 Å². The summed E-state index contributed by atoms with van der Waals surface area (Å²) < 4.78 is 5.45. The maximum Gasteiger partial charge on any atom is 0.155 e. The lowest BCUT2D eigenvalue weighted by atomic mass is 10.1. The summed E-state index contributed by atoms with van der Waals surface area (Å²) in [6, 6.07) is 14.5. The zero-order valence-electron chi connectivity index (χ0n) is 16.5. The van der Waals surface area contributed by atoms with Crippen molar-refractivity contribution in [1.82, 2.24) is 19.9 Å². The van der Waals surface area contributed by atoms with Crippen LogP contribution >= 0.6 is 0 Å². The number of aromatic nitrogens is 4. The van der Waals surface area contributed by atoms with E-state index in [1.165, 1.54) is 5.69 Å². The summed E-state index contributed by atoms with van der Waals surface area (Å²) in [6.07, 6.45) is 7.01. The van der Waals surface area contributed by atoms with Gasteiger partial charge in [0.05, 0.1) is 24.4 Å². The Morgan fingerprint density at radius 3 is 2.60 bits per heavy atom. The van der Waals surface area contributed by atoms with Crippen molar-refractivity contribution in [3.8, 4) is 11.3 Å². The van der Waals surface area contributed by atoms with E-state index in [0.717, 1.165) is 60.0 Å². The second-order valence-electron chi connectivity index (χ2n) is 7.14. The van der Waals surface area contributed by atoms with Gasteiger partial charge in [-0.1, -0.05) is 18.2 Å². The van der Waals surface area contributed by atoms with Crippen LogP contribution < -0.4 is 10.2 Å². The van der Waals surface area contributed by atoms with Crippen molar-refractivity contribution in [2.24, 2.45) is 0 Å². The van der Waals surface area contributed by atoms with E-state index >= 15 is 0 Å². The van der Waals surface area contributed by atoms with Crippen LogP contribution in [0.25, 0.3) is 22.3 Å². The van der Waals surface area contributed by atoms with Crippen LogP contribution in [0.2, 0.25) is 0 Å². The van der Waals surface area contributed by atoms with Crippen molar-refractivity contribution in [2.45, 2.75) is 6.54 Å². The first-order chi connectivity index (χ1) is 14.9. The normalized spacial score (nSPS) is 14.1. The van der Waals surface area contributed by atoms with Crippen molar-refractivity contribution >= 4 is 22.5 Å². The number of nitrogens with one attached hydrogen (secondary N) is 1. The van der Waals surface area contributed by atoms with Crippen LogP contribution in [0.4, 0.5) is 11.5 Å². The third-order valence-corrected chi connectivity index (χ3v) is 5.18. The molecular formula is C23H22N6O. The zero-order chi connectivity index (χ0) is 20.2. The molecule has 0 amide bonds. The molecule has 0 spiro atoms. The van der Waals surface area contributed by atoms with Crippen molar-refractivity contribution in [2.75, 3.05) is 36.5 Å². The molecule has 0 radical (unpaired) electrons. The van der Waals surface area contributed by atoms with Crippen molar-refractivity contribution in [3.05, 3.63) is 72.8 Å². The molecule has 1 saturated heterocycles. The number of fused-ring (bicyclic) bond motifs is 1. The second-order valence-corrected chi connectivity index (χ2v) is 7.14. The van der Waals surface area contributed by atoms with Gasteiger partial charge in [-0.2, -0.15) is 0 Å². The van der Waals surface area contributed by atoms with E-state index in [9.17, 15) is 0 Å². The fraction of sp³-hybridized carbons (Fsp3) is 0.217. The number of morpholine rings is 1. The van der Waals surface area contributed by atoms with Gasteiger partial charge in [-0.05, 0) is 29.8 Å². The molecule has 4 aromatic rings. The lowest BCUT2D eigenvalue weighted by Crippen LogP contribution is -2.36. The van der Waals surface area contributed by atoms with Crippen LogP contribution in [0.15, 0.2) is 67.3 Å². The Hall–Kier alpha value is -3.58. The predicted octanol–water partition coefficient (Wildman–Crippen LogP) is 3.54. The molecular weight excluding hydrogens is 376 g/mol. The smallest absolute Gasteiger partial charge is 0.155 e. The number of ether oxygens (including phenoxy) is 1. The Labute approximate surface area is 174 Å². The SMILES string of the molecule is c1cncc(CNc2nc(-c3ccc(N4CCOCC4)cc3)cc3nccnc23)c1. The highest BCUT2D eigenvalue weighted by molar-refractivity contribution is 5.88. The maximum absolute atomic E-state index is 5.45. The number of hydrogen-bond acceptors (Lipinski definition) is 7. The molecule has 0 saturated carbocycles. The Bertz CT molecular complexity index is 1130. The van der Waals surface area contributed by atoms with E-state index in [2.05, 4.69) is 49.4 Å². The van der Waals surface area contributed by atoms with Crippen LogP contribution in [-0.4, -0.2) is 46.2 Å². The average Bonchev–Trinajstić information content (AvgIpc) is 2.84. The van der Waals surface area contributed by atoms with Gasteiger partial charge >= 0.3 is 0 Å². The summed E-state index contributed by atoms with van der Waals surface area (Å²) in [6.45, 7) is 4.01. The molecule has 0 bridgehead atoms. The summed E-state index contributed by atoms with van der Waals surface area (Å²) >= 11 is 0. The first kappa shape index (κ1) is 18.4. The quantitative estimate of drug-likeness (QED) is 0.551. The van der Waals surface area contributed by atoms with Gasteiger partial charge in [0.15, 0.2) is 5.82 Å². The van der Waals surface area contributed by atoms with Gasteiger partial charge in [-0.15, -0.1) is 0 Å². The molecule has 4 heterocycles. The van der Waals surface area contributed by atoms with E-state index in [0.29, 0.717) is 6.54 Å². The Morgan fingerprint density at radius 2 is 1.80 bits per heavy atom. The molecule has 1 aliphatic heterocycles. The van der Waals surface area contributed by atoms with E-state index < -0.39 is 0 Å². The molecule has 1 aromatic carbocycles. The lowest BCUT2D eigenvalue weighted by molar-refractivity contribution is 0.122. The molecule has 1 fully saturated rings. The minimum Gasteiger partial charge on any atom is -0.378 e. The Kier molecular flexibility index (Phi) is 5.18. The van der Waals surface area contributed by atoms with Crippen molar-refractivity contribution in [3.63, 3.8) is 0 Å². The third kappa shape index (κ3) is 3.92. The van der Waals surface area contributed by atoms with Crippen LogP contribution in [0.1, 0.15) is 5.56 Å². The summed E-state index contributed by atoms with van der Waals surface area (Å²) in [5.41, 5.74) is 5.77. The molecule has 7 nitrogen and oxygen atoms in total. The van der Waals surface area contributed by atoms with Crippen LogP contribution in [-0.2, 0) is 11.3 Å². The monoisotopic (exact) mass is 398 g/mol. The number of benzene rings is 1. The molecule has 150 valence electrons. The first-order valence-electron chi connectivity index (χ1n) is 10.0. The predicted molar refractivity (Wildman–Crippen MR) is 117 cm³/mol. The topological polar surface area (TPSA) is 76.1 Å². The third-order valence-electron chi connectivity index (χ3n) is 5.18. The summed E-state index contributed by atoms with van der Waals surface area (Å²) in [7, 11) is 0. The Morgan fingerprint density at radius 1 is 0.967 bits per heavy atom. The summed E-state index contributed by atoms with van der Waals surface area (Å²) in [4.78, 5) is 20.4. The molecule has 0 atom stereocenters. The van der Waals surface area contributed by atoms with Crippen LogP contribution in [0, 0.1) is 0 Å². The highest BCUT2D eigenvalue weighted by Gasteiger charge is 2.13. The van der Waals surface area contributed by atoms with E-state index in [1.54, 1.807) is 18.6 Å². The van der Waals surface area contributed by atoms with E-state index in [4.69, 9.17) is 9.72 Å². The second kappa shape index (κ2) is 8.42. The molecule has 1 aliphatic rings. The minimum atomic E-state index is 0.617. The number of nitrogens with zero attached hydrogens (tertiary/aromatic N) is 5. The molecule has 5 rings (SSSR count). The molecule has 30 heavy (non-hydrogen) atoms. The fourth-order valence-electron chi connectivity index (χ4n) is 3.60. The van der Waals surface area contributed by atoms with E-state index in [1.807, 2.05) is 24.4 Å². The van der Waals surface area contributed by atoms with Gasteiger partial charge in [0, 0.05) is 55.7 Å². The highest BCUT2D eigenvalue weighted by Crippen LogP contribution is 2.27. The largest absolute Gasteiger partial charge is 0.378 e. The maximum atomic E-state index is 5.45.